The Kier molecular flexibility index (Phi) is 4.22. The highest BCUT2D eigenvalue weighted by Crippen LogP contribution is 2.33. The van der Waals surface area contributed by atoms with E-state index in [1.54, 1.807) is 22.9 Å². The van der Waals surface area contributed by atoms with Gasteiger partial charge in [-0.25, -0.2) is 4.98 Å². The Balaban J connectivity index is 1.93. The summed E-state index contributed by atoms with van der Waals surface area (Å²) in [6.07, 6.45) is 3.52. The van der Waals surface area contributed by atoms with Gasteiger partial charge < -0.3 is 9.72 Å². The van der Waals surface area contributed by atoms with Crippen LogP contribution >= 0.6 is 11.8 Å². The van der Waals surface area contributed by atoms with Gasteiger partial charge in [0.05, 0.1) is 17.5 Å². The largest absolute Gasteiger partial charge is 0.442 e. The smallest absolute Gasteiger partial charge is 0.349 e. The SMILES string of the molecule is C[C@H](SC(F)(F)F)C(=O)NCc1cn2ccccc2n1. The van der Waals surface area contributed by atoms with Crippen LogP contribution in [0.4, 0.5) is 13.2 Å². The molecule has 2 aromatic rings. The van der Waals surface area contributed by atoms with E-state index in [1.807, 2.05) is 12.1 Å². The second kappa shape index (κ2) is 5.74. The summed E-state index contributed by atoms with van der Waals surface area (Å²) in [7, 11) is 0. The lowest BCUT2D eigenvalue weighted by Crippen LogP contribution is -2.32. The number of nitrogens with one attached hydrogen (secondary N) is 1. The van der Waals surface area contributed by atoms with Crippen molar-refractivity contribution in [2.45, 2.75) is 24.2 Å². The summed E-state index contributed by atoms with van der Waals surface area (Å²) in [5.41, 5.74) is -3.11. The molecule has 0 unspecified atom stereocenters. The maximum absolute atomic E-state index is 12.1. The highest BCUT2D eigenvalue weighted by atomic mass is 32.2. The van der Waals surface area contributed by atoms with Crippen LogP contribution in [0.15, 0.2) is 30.6 Å². The standard InChI is InChI=1S/C12H12F3N3OS/c1-8(20-12(13,14)15)11(19)16-6-9-7-18-5-3-2-4-10(18)17-9/h2-5,7-8H,6H2,1H3,(H,16,19)/t8-/m0/s1. The number of aromatic nitrogens is 2. The Morgan fingerprint density at radius 2 is 2.25 bits per heavy atom. The molecule has 108 valence electrons. The van der Waals surface area contributed by atoms with Crippen LogP contribution in [-0.2, 0) is 11.3 Å². The molecule has 0 spiro atoms. The van der Waals surface area contributed by atoms with E-state index in [-0.39, 0.29) is 18.3 Å². The topological polar surface area (TPSA) is 46.4 Å². The fourth-order valence-electron chi connectivity index (χ4n) is 1.65. The van der Waals surface area contributed by atoms with Crippen LogP contribution in [0.2, 0.25) is 0 Å². The summed E-state index contributed by atoms with van der Waals surface area (Å²) < 4.78 is 38.2. The first-order valence-corrected chi connectivity index (χ1v) is 6.68. The maximum atomic E-state index is 12.1. The number of thioether (sulfide) groups is 1. The number of halogens is 3. The Morgan fingerprint density at radius 1 is 1.50 bits per heavy atom. The molecule has 0 bridgehead atoms. The van der Waals surface area contributed by atoms with Gasteiger partial charge in [-0.15, -0.1) is 0 Å². The minimum Gasteiger partial charge on any atom is -0.349 e. The number of fused-ring (bicyclic) bond motifs is 1. The van der Waals surface area contributed by atoms with Gasteiger partial charge in [-0.2, -0.15) is 13.2 Å². The number of hydrogen-bond acceptors (Lipinski definition) is 3. The maximum Gasteiger partial charge on any atom is 0.442 e. The quantitative estimate of drug-likeness (QED) is 0.944. The molecule has 0 fully saturated rings. The van der Waals surface area contributed by atoms with Crippen molar-refractivity contribution in [1.82, 2.24) is 14.7 Å². The third-order valence-electron chi connectivity index (χ3n) is 2.54. The molecule has 0 aliphatic heterocycles. The zero-order valence-electron chi connectivity index (χ0n) is 10.5. The molecular formula is C12H12F3N3OS. The average Bonchev–Trinajstić information content (AvgIpc) is 2.76. The van der Waals surface area contributed by atoms with Crippen LogP contribution < -0.4 is 5.32 Å². The molecule has 8 heteroatoms. The van der Waals surface area contributed by atoms with Crippen LogP contribution in [0.25, 0.3) is 5.65 Å². The molecular weight excluding hydrogens is 291 g/mol. The molecule has 0 aliphatic rings. The van der Waals surface area contributed by atoms with E-state index in [4.69, 9.17) is 0 Å². The Hall–Kier alpha value is -1.70. The number of imidazole rings is 1. The lowest BCUT2D eigenvalue weighted by atomic mass is 10.4. The van der Waals surface area contributed by atoms with Crippen LogP contribution in [-0.4, -0.2) is 26.1 Å². The van der Waals surface area contributed by atoms with Gasteiger partial charge in [-0.05, 0) is 30.8 Å². The van der Waals surface area contributed by atoms with Gasteiger partial charge in [0.1, 0.15) is 5.65 Å². The molecule has 2 aromatic heterocycles. The van der Waals surface area contributed by atoms with Crippen molar-refractivity contribution in [2.24, 2.45) is 0 Å². The first kappa shape index (κ1) is 14.7. The number of nitrogens with zero attached hydrogens (tertiary/aromatic N) is 2. The number of amides is 1. The van der Waals surface area contributed by atoms with Crippen molar-refractivity contribution < 1.29 is 18.0 Å². The van der Waals surface area contributed by atoms with Crippen LogP contribution in [0, 0.1) is 0 Å². The molecule has 0 saturated heterocycles. The van der Waals surface area contributed by atoms with E-state index >= 15 is 0 Å². The van der Waals surface area contributed by atoms with Gasteiger partial charge >= 0.3 is 5.51 Å². The lowest BCUT2D eigenvalue weighted by molar-refractivity contribution is -0.120. The summed E-state index contributed by atoms with van der Waals surface area (Å²) in [5.74, 6) is -0.663. The highest BCUT2D eigenvalue weighted by molar-refractivity contribution is 8.01. The molecule has 1 atom stereocenters. The zero-order chi connectivity index (χ0) is 14.8. The van der Waals surface area contributed by atoms with Crippen LogP contribution in [0.5, 0.6) is 0 Å². The predicted octanol–water partition coefficient (Wildman–Crippen LogP) is 2.59. The Bertz CT molecular complexity index is 578. The second-order valence-electron chi connectivity index (χ2n) is 4.12. The molecule has 0 aliphatic carbocycles. The van der Waals surface area contributed by atoms with E-state index in [2.05, 4.69) is 10.3 Å². The van der Waals surface area contributed by atoms with Crippen molar-refractivity contribution in [3.63, 3.8) is 0 Å². The van der Waals surface area contributed by atoms with Crippen molar-refractivity contribution >= 4 is 23.3 Å². The molecule has 1 N–H and O–H groups in total. The van der Waals surface area contributed by atoms with Gasteiger partial charge in [-0.1, -0.05) is 6.07 Å². The van der Waals surface area contributed by atoms with Crippen LogP contribution in [0.1, 0.15) is 12.6 Å². The van der Waals surface area contributed by atoms with E-state index in [0.717, 1.165) is 5.65 Å². The first-order valence-electron chi connectivity index (χ1n) is 5.80. The first-order chi connectivity index (χ1) is 9.35. The summed E-state index contributed by atoms with van der Waals surface area (Å²) in [6.45, 7) is 1.32. The lowest BCUT2D eigenvalue weighted by Gasteiger charge is -2.12. The third-order valence-corrected chi connectivity index (χ3v) is 3.37. The number of carbonyl (C=O) groups is 1. The van der Waals surface area contributed by atoms with Crippen molar-refractivity contribution in [1.29, 1.82) is 0 Å². The Morgan fingerprint density at radius 3 is 2.90 bits per heavy atom. The predicted molar refractivity (Wildman–Crippen MR) is 70.1 cm³/mol. The monoisotopic (exact) mass is 303 g/mol. The number of carbonyl (C=O) groups excluding carboxylic acids is 1. The Labute approximate surface area is 117 Å². The normalized spacial score (nSPS) is 13.4. The van der Waals surface area contributed by atoms with E-state index in [1.165, 1.54) is 6.92 Å². The fourth-order valence-corrected chi connectivity index (χ4v) is 2.24. The van der Waals surface area contributed by atoms with E-state index < -0.39 is 16.7 Å². The number of pyridine rings is 1. The van der Waals surface area contributed by atoms with Gasteiger partial charge in [0.2, 0.25) is 5.91 Å². The summed E-state index contributed by atoms with van der Waals surface area (Å²) in [6, 6.07) is 5.46. The summed E-state index contributed by atoms with van der Waals surface area (Å²) >= 11 is -0.333. The van der Waals surface area contributed by atoms with Gasteiger partial charge in [0.15, 0.2) is 0 Å². The third kappa shape index (κ3) is 3.89. The molecule has 0 aromatic carbocycles. The van der Waals surface area contributed by atoms with Crippen molar-refractivity contribution in [3.05, 3.63) is 36.3 Å². The minimum absolute atomic E-state index is 0.100. The molecule has 0 saturated carbocycles. The minimum atomic E-state index is -4.42. The second-order valence-corrected chi connectivity index (χ2v) is 5.53. The van der Waals surface area contributed by atoms with Crippen molar-refractivity contribution in [3.8, 4) is 0 Å². The van der Waals surface area contributed by atoms with Crippen LogP contribution in [0.3, 0.4) is 0 Å². The molecule has 1 amide bonds. The van der Waals surface area contributed by atoms with E-state index in [0.29, 0.717) is 5.69 Å². The number of alkyl halides is 3. The zero-order valence-corrected chi connectivity index (χ0v) is 11.3. The summed E-state index contributed by atoms with van der Waals surface area (Å²) in [4.78, 5) is 15.8. The highest BCUT2D eigenvalue weighted by Gasteiger charge is 2.33. The fraction of sp³-hybridized carbons (Fsp3) is 0.333. The molecule has 20 heavy (non-hydrogen) atoms. The van der Waals surface area contributed by atoms with Gasteiger partial charge in [-0.3, -0.25) is 4.79 Å². The number of rotatable bonds is 4. The van der Waals surface area contributed by atoms with Crippen molar-refractivity contribution in [2.75, 3.05) is 0 Å². The van der Waals surface area contributed by atoms with E-state index in [9.17, 15) is 18.0 Å². The average molecular weight is 303 g/mol. The molecule has 4 nitrogen and oxygen atoms in total. The molecule has 0 radical (unpaired) electrons. The van der Waals surface area contributed by atoms with Gasteiger partial charge in [0.25, 0.3) is 0 Å². The molecule has 2 heterocycles. The molecule has 2 rings (SSSR count). The van der Waals surface area contributed by atoms with Gasteiger partial charge in [0, 0.05) is 12.4 Å². The summed E-state index contributed by atoms with van der Waals surface area (Å²) in [5, 5.41) is 1.26. The number of hydrogen-bond donors (Lipinski definition) is 1.